The van der Waals surface area contributed by atoms with Crippen LogP contribution in [0.5, 0.6) is 0 Å². The average molecular weight is 591 g/mol. The van der Waals surface area contributed by atoms with Gasteiger partial charge in [0.15, 0.2) is 5.79 Å². The number of hydrogen-bond acceptors (Lipinski definition) is 6. The number of hydrogen-bond donors (Lipinski definition) is 3. The van der Waals surface area contributed by atoms with Gasteiger partial charge in [-0.2, -0.15) is 0 Å². The first kappa shape index (κ1) is 30.7. The Hall–Kier alpha value is -2.52. The number of nitrogens with zero attached hydrogens (tertiary/aromatic N) is 4. The van der Waals surface area contributed by atoms with Gasteiger partial charge in [0.1, 0.15) is 22.9 Å². The van der Waals surface area contributed by atoms with Gasteiger partial charge in [-0.15, -0.1) is 0 Å². The topological polar surface area (TPSA) is 110 Å². The molecule has 9 heteroatoms. The van der Waals surface area contributed by atoms with E-state index in [1.807, 2.05) is 32.2 Å². The number of fused-ring (bicyclic) bond motifs is 2. The van der Waals surface area contributed by atoms with Gasteiger partial charge >= 0.3 is 0 Å². The second-order valence-corrected chi connectivity index (χ2v) is 10.4. The maximum atomic E-state index is 8.08. The molecule has 0 radical (unpaired) electrons. The highest BCUT2D eigenvalue weighted by atomic mass is 79.9. The van der Waals surface area contributed by atoms with Crippen molar-refractivity contribution in [2.24, 2.45) is 5.92 Å². The van der Waals surface area contributed by atoms with Crippen LogP contribution in [0.3, 0.4) is 0 Å². The predicted octanol–water partition coefficient (Wildman–Crippen LogP) is 6.93. The molecule has 4 N–H and O–H groups in total. The summed E-state index contributed by atoms with van der Waals surface area (Å²) in [5, 5.41) is 18.6. The molecule has 3 aromatic heterocycles. The number of aromatic nitrogens is 4. The lowest BCUT2D eigenvalue weighted by Gasteiger charge is -2.18. The molecular weight excluding hydrogens is 554 g/mol. The van der Waals surface area contributed by atoms with Crippen molar-refractivity contribution in [2.75, 3.05) is 5.73 Å². The van der Waals surface area contributed by atoms with Crippen LogP contribution >= 0.6 is 27.5 Å². The Morgan fingerprint density at radius 1 is 1.16 bits per heavy atom. The minimum atomic E-state index is -1.50. The minimum absolute atomic E-state index is 0.416. The van der Waals surface area contributed by atoms with Crippen LogP contribution in [0.15, 0.2) is 59.5 Å². The lowest BCUT2D eigenvalue weighted by Crippen LogP contribution is -2.15. The fraction of sp³-hybridized carbons (Fsp3) is 0.393. The summed E-state index contributed by atoms with van der Waals surface area (Å²) in [4.78, 5) is 12.9. The van der Waals surface area contributed by atoms with E-state index < -0.39 is 5.79 Å². The van der Waals surface area contributed by atoms with Gasteiger partial charge in [0, 0.05) is 18.1 Å². The van der Waals surface area contributed by atoms with E-state index in [1.54, 1.807) is 0 Å². The van der Waals surface area contributed by atoms with Crippen molar-refractivity contribution in [2.45, 2.75) is 66.2 Å². The van der Waals surface area contributed by atoms with Crippen LogP contribution in [0.2, 0.25) is 5.15 Å². The van der Waals surface area contributed by atoms with E-state index in [2.05, 4.69) is 67.2 Å². The molecule has 0 aliphatic carbocycles. The number of halogens is 2. The van der Waals surface area contributed by atoms with E-state index in [0.29, 0.717) is 16.9 Å². The van der Waals surface area contributed by atoms with Gasteiger partial charge in [-0.05, 0) is 85.6 Å². The van der Waals surface area contributed by atoms with Gasteiger partial charge in [0.05, 0.1) is 15.4 Å². The Morgan fingerprint density at radius 2 is 1.84 bits per heavy atom. The molecule has 0 spiro atoms. The Morgan fingerprint density at radius 3 is 2.49 bits per heavy atom. The highest BCUT2D eigenvalue weighted by molar-refractivity contribution is 9.10. The van der Waals surface area contributed by atoms with Gasteiger partial charge in [0.2, 0.25) is 0 Å². The number of nitrogen functional groups attached to an aromatic ring is 1. The molecule has 0 saturated carbocycles. The molecule has 3 heterocycles. The maximum Gasteiger partial charge on any atom is 0.156 e. The molecule has 1 unspecified atom stereocenters. The molecule has 200 valence electrons. The van der Waals surface area contributed by atoms with Crippen molar-refractivity contribution < 1.29 is 10.2 Å². The van der Waals surface area contributed by atoms with Crippen LogP contribution in [0.25, 0.3) is 21.9 Å². The van der Waals surface area contributed by atoms with Crippen LogP contribution in [-0.2, 0) is 13.0 Å². The third kappa shape index (κ3) is 9.38. The Bertz CT molecular complexity index is 1330. The summed E-state index contributed by atoms with van der Waals surface area (Å²) in [5.74, 6) is -0.564. The molecular formula is C28H37BrClN5O2. The third-order valence-electron chi connectivity index (χ3n) is 5.58. The van der Waals surface area contributed by atoms with Crippen molar-refractivity contribution in [3.05, 3.63) is 70.2 Å². The number of anilines is 1. The van der Waals surface area contributed by atoms with Gasteiger partial charge in [-0.3, -0.25) is 0 Å². The molecule has 0 aliphatic heterocycles. The van der Waals surface area contributed by atoms with Crippen LogP contribution < -0.4 is 5.73 Å². The van der Waals surface area contributed by atoms with E-state index >= 15 is 0 Å². The number of aryl methyl sites for hydroxylation is 2. The van der Waals surface area contributed by atoms with Gasteiger partial charge < -0.3 is 20.5 Å². The lowest BCUT2D eigenvalue weighted by molar-refractivity contribution is -0.127. The zero-order valence-corrected chi connectivity index (χ0v) is 24.5. The molecule has 0 bridgehead atoms. The first-order valence-corrected chi connectivity index (χ1v) is 13.5. The van der Waals surface area contributed by atoms with Gasteiger partial charge in [0.25, 0.3) is 0 Å². The molecule has 37 heavy (non-hydrogen) atoms. The summed E-state index contributed by atoms with van der Waals surface area (Å²) in [6.45, 7) is 13.8. The van der Waals surface area contributed by atoms with Gasteiger partial charge in [-0.1, -0.05) is 49.7 Å². The minimum Gasteiger partial charge on any atom is -0.383 e. The van der Waals surface area contributed by atoms with Crippen molar-refractivity contribution in [3.63, 3.8) is 0 Å². The Balaban J connectivity index is 0.000000617. The monoisotopic (exact) mass is 589 g/mol. The zero-order chi connectivity index (χ0) is 27.8. The summed E-state index contributed by atoms with van der Waals surface area (Å²) in [7, 11) is 0. The largest absolute Gasteiger partial charge is 0.383 e. The standard InChI is InChI=1S/C23H23BrClN5.C3H8O2.C2H6/c1-14(2)16(7-9-30-10-8-18-22(26)27-13-28-23(18)30)5-3-15-4-6-17-12-19(24)21(25)29-20(17)11-15;1-3(2,4)5;1-2/h4,6,8,10-13,16H,1,3,5,7,9H2,2H3,(H2,26,27,28);4-5H,1-2H3;1-2H3. The highest BCUT2D eigenvalue weighted by Crippen LogP contribution is 2.27. The first-order valence-electron chi connectivity index (χ1n) is 12.3. The fourth-order valence-electron chi connectivity index (χ4n) is 3.80. The number of benzene rings is 1. The van der Waals surface area contributed by atoms with Crippen LogP contribution in [0.4, 0.5) is 5.82 Å². The van der Waals surface area contributed by atoms with Crippen molar-refractivity contribution >= 4 is 55.3 Å². The Labute approximate surface area is 232 Å². The molecule has 7 nitrogen and oxygen atoms in total. The lowest BCUT2D eigenvalue weighted by atomic mass is 9.91. The van der Waals surface area contributed by atoms with E-state index in [9.17, 15) is 0 Å². The smallest absolute Gasteiger partial charge is 0.156 e. The van der Waals surface area contributed by atoms with E-state index in [-0.39, 0.29) is 0 Å². The quantitative estimate of drug-likeness (QED) is 0.122. The normalized spacial score (nSPS) is 11.9. The van der Waals surface area contributed by atoms with E-state index in [0.717, 1.165) is 52.2 Å². The summed E-state index contributed by atoms with van der Waals surface area (Å²) in [6.07, 6.45) is 6.53. The molecule has 4 aromatic rings. The number of aliphatic hydroxyl groups is 2. The SMILES string of the molecule is C=C(C)C(CCc1ccc2cc(Br)c(Cl)nc2c1)CCn1ccc2c(N)ncnc21.CC.CC(C)(O)O. The molecule has 0 fully saturated rings. The molecule has 0 amide bonds. The fourth-order valence-corrected chi connectivity index (χ4v) is 4.28. The van der Waals surface area contributed by atoms with Gasteiger partial charge in [-0.25, -0.2) is 15.0 Å². The summed E-state index contributed by atoms with van der Waals surface area (Å²) < 4.78 is 2.96. The van der Waals surface area contributed by atoms with E-state index in [1.165, 1.54) is 31.3 Å². The van der Waals surface area contributed by atoms with Crippen molar-refractivity contribution in [1.29, 1.82) is 0 Å². The third-order valence-corrected chi connectivity index (χ3v) is 6.70. The molecule has 1 atom stereocenters. The second kappa shape index (κ2) is 13.9. The summed E-state index contributed by atoms with van der Waals surface area (Å²) >= 11 is 9.59. The molecule has 0 saturated heterocycles. The van der Waals surface area contributed by atoms with E-state index in [4.69, 9.17) is 27.5 Å². The van der Waals surface area contributed by atoms with Crippen molar-refractivity contribution in [1.82, 2.24) is 19.5 Å². The number of rotatable bonds is 7. The van der Waals surface area contributed by atoms with Crippen LogP contribution in [0.1, 0.15) is 53.0 Å². The average Bonchev–Trinajstić information content (AvgIpc) is 3.24. The number of allylic oxidation sites excluding steroid dienone is 1. The number of pyridine rings is 1. The summed E-state index contributed by atoms with van der Waals surface area (Å²) in [5.41, 5.74) is 10.2. The predicted molar refractivity (Wildman–Crippen MR) is 157 cm³/mol. The maximum absolute atomic E-state index is 8.08. The zero-order valence-electron chi connectivity index (χ0n) is 22.2. The van der Waals surface area contributed by atoms with Crippen LogP contribution in [-0.4, -0.2) is 35.5 Å². The second-order valence-electron chi connectivity index (χ2n) is 9.16. The summed E-state index contributed by atoms with van der Waals surface area (Å²) in [6, 6.07) is 10.4. The molecule has 1 aromatic carbocycles. The van der Waals surface area contributed by atoms with Crippen molar-refractivity contribution in [3.8, 4) is 0 Å². The van der Waals surface area contributed by atoms with Crippen LogP contribution in [0, 0.1) is 5.92 Å². The Kier molecular flexibility index (Phi) is 11.5. The molecule has 4 rings (SSSR count). The first-order chi connectivity index (χ1) is 17.4. The number of nitrogens with two attached hydrogens (primary N) is 1. The highest BCUT2D eigenvalue weighted by Gasteiger charge is 2.13. The molecule has 0 aliphatic rings.